The Labute approximate surface area is 103 Å². The van der Waals surface area contributed by atoms with Gasteiger partial charge in [0, 0.05) is 11.6 Å². The molecule has 2 aromatic heterocycles. The first kappa shape index (κ1) is 11.7. The van der Waals surface area contributed by atoms with Crippen LogP contribution in [-0.2, 0) is 11.3 Å². The summed E-state index contributed by atoms with van der Waals surface area (Å²) < 4.78 is 6.45. The van der Waals surface area contributed by atoms with Gasteiger partial charge in [0.2, 0.25) is 0 Å². The highest BCUT2D eigenvalue weighted by Gasteiger charge is 2.14. The molecule has 0 aliphatic carbocycles. The molecule has 0 radical (unpaired) electrons. The minimum Gasteiger partial charge on any atom is -0.464 e. The summed E-state index contributed by atoms with van der Waals surface area (Å²) in [5.74, 6) is -0.395. The monoisotopic (exact) mass is 251 g/mol. The summed E-state index contributed by atoms with van der Waals surface area (Å²) in [6, 6.07) is 1.60. The molecular formula is C11H13N3O2S. The summed E-state index contributed by atoms with van der Waals surface area (Å²) in [4.78, 5) is 15.9. The zero-order valence-corrected chi connectivity index (χ0v) is 10.5. The molecule has 2 N–H and O–H groups in total. The van der Waals surface area contributed by atoms with Crippen LogP contribution in [0.15, 0.2) is 17.6 Å². The maximum Gasteiger partial charge on any atom is 0.354 e. The molecule has 0 amide bonds. The summed E-state index contributed by atoms with van der Waals surface area (Å²) >= 11 is 1.58. The fraction of sp³-hybridized carbons (Fsp3) is 0.273. The summed E-state index contributed by atoms with van der Waals surface area (Å²) in [6.45, 7) is 2.46. The number of thiazole rings is 1. The van der Waals surface area contributed by atoms with Crippen molar-refractivity contribution in [3.05, 3.63) is 34.0 Å². The quantitative estimate of drug-likeness (QED) is 0.842. The highest BCUT2D eigenvalue weighted by molar-refractivity contribution is 7.09. The van der Waals surface area contributed by atoms with Crippen LogP contribution in [0.5, 0.6) is 0 Å². The molecule has 0 aliphatic rings. The van der Waals surface area contributed by atoms with Crippen LogP contribution >= 0.6 is 11.3 Å². The highest BCUT2D eigenvalue weighted by Crippen LogP contribution is 2.15. The van der Waals surface area contributed by atoms with E-state index in [-0.39, 0.29) is 0 Å². The molecule has 0 aromatic carbocycles. The number of aryl methyl sites for hydroxylation is 1. The molecule has 0 spiro atoms. The first-order chi connectivity index (χ1) is 8.10. The van der Waals surface area contributed by atoms with Crippen molar-refractivity contribution < 1.29 is 9.53 Å². The van der Waals surface area contributed by atoms with E-state index in [0.29, 0.717) is 17.9 Å². The Kier molecular flexibility index (Phi) is 3.14. The van der Waals surface area contributed by atoms with Crippen molar-refractivity contribution in [2.45, 2.75) is 13.5 Å². The van der Waals surface area contributed by atoms with Gasteiger partial charge in [-0.15, -0.1) is 11.3 Å². The van der Waals surface area contributed by atoms with Crippen LogP contribution in [0.1, 0.15) is 21.2 Å². The Morgan fingerprint density at radius 3 is 3.00 bits per heavy atom. The topological polar surface area (TPSA) is 70.1 Å². The van der Waals surface area contributed by atoms with E-state index in [0.717, 1.165) is 10.7 Å². The molecule has 0 unspecified atom stereocenters. The zero-order valence-electron chi connectivity index (χ0n) is 9.64. The van der Waals surface area contributed by atoms with E-state index in [9.17, 15) is 4.79 Å². The van der Waals surface area contributed by atoms with Crippen LogP contribution in [0.2, 0.25) is 0 Å². The summed E-state index contributed by atoms with van der Waals surface area (Å²) in [5, 5.41) is 2.96. The average molecular weight is 251 g/mol. The molecule has 0 saturated heterocycles. The van der Waals surface area contributed by atoms with Crippen LogP contribution in [0.3, 0.4) is 0 Å². The van der Waals surface area contributed by atoms with Crippen molar-refractivity contribution in [1.82, 2.24) is 9.55 Å². The third kappa shape index (κ3) is 2.47. The van der Waals surface area contributed by atoms with Gasteiger partial charge in [-0.2, -0.15) is 0 Å². The number of aromatic nitrogens is 2. The van der Waals surface area contributed by atoms with Crippen molar-refractivity contribution in [2.24, 2.45) is 0 Å². The van der Waals surface area contributed by atoms with Crippen molar-refractivity contribution in [3.8, 4) is 0 Å². The Morgan fingerprint density at radius 2 is 2.41 bits per heavy atom. The number of rotatable bonds is 3. The minimum atomic E-state index is -0.395. The SMILES string of the molecule is COC(=O)c1cc(N)cn1Cc1csc(C)n1. The second-order valence-electron chi connectivity index (χ2n) is 3.64. The van der Waals surface area contributed by atoms with Gasteiger partial charge in [0.05, 0.1) is 30.0 Å². The average Bonchev–Trinajstić information content (AvgIpc) is 2.85. The second-order valence-corrected chi connectivity index (χ2v) is 4.70. The van der Waals surface area contributed by atoms with E-state index in [1.54, 1.807) is 28.2 Å². The number of anilines is 1. The predicted molar refractivity (Wildman–Crippen MR) is 66.1 cm³/mol. The standard InChI is InChI=1S/C11H13N3O2S/c1-7-13-9(6-17-7)5-14-4-8(12)3-10(14)11(15)16-2/h3-4,6H,5,12H2,1-2H3. The molecule has 0 bridgehead atoms. The van der Waals surface area contributed by atoms with E-state index in [1.165, 1.54) is 7.11 Å². The van der Waals surface area contributed by atoms with E-state index < -0.39 is 5.97 Å². The fourth-order valence-electron chi connectivity index (χ4n) is 1.59. The Hall–Kier alpha value is -1.82. The zero-order chi connectivity index (χ0) is 12.4. The lowest BCUT2D eigenvalue weighted by atomic mass is 10.4. The predicted octanol–water partition coefficient (Wildman–Crippen LogP) is 1.67. The molecule has 6 heteroatoms. The van der Waals surface area contributed by atoms with Crippen LogP contribution in [0.4, 0.5) is 5.69 Å². The molecule has 2 rings (SSSR count). The Balaban J connectivity index is 2.29. The first-order valence-corrected chi connectivity index (χ1v) is 5.93. The normalized spacial score (nSPS) is 10.5. The number of hydrogen-bond acceptors (Lipinski definition) is 5. The van der Waals surface area contributed by atoms with Crippen LogP contribution in [0, 0.1) is 6.92 Å². The summed E-state index contributed by atoms with van der Waals surface area (Å²) in [5.41, 5.74) is 7.57. The van der Waals surface area contributed by atoms with Gasteiger partial charge in [-0.1, -0.05) is 0 Å². The number of carbonyl (C=O) groups excluding carboxylic acids is 1. The van der Waals surface area contributed by atoms with Gasteiger partial charge in [-0.3, -0.25) is 0 Å². The molecule has 90 valence electrons. The number of esters is 1. The molecule has 0 saturated carbocycles. The van der Waals surface area contributed by atoms with Gasteiger partial charge in [0.25, 0.3) is 0 Å². The lowest BCUT2D eigenvalue weighted by Gasteiger charge is -2.05. The van der Waals surface area contributed by atoms with Gasteiger partial charge >= 0.3 is 5.97 Å². The van der Waals surface area contributed by atoms with Crippen LogP contribution < -0.4 is 5.73 Å². The number of nitrogens with zero attached hydrogens (tertiary/aromatic N) is 2. The lowest BCUT2D eigenvalue weighted by molar-refractivity contribution is 0.0589. The number of ether oxygens (including phenoxy) is 1. The van der Waals surface area contributed by atoms with Crippen LogP contribution in [-0.4, -0.2) is 22.6 Å². The number of nitrogens with two attached hydrogens (primary N) is 1. The van der Waals surface area contributed by atoms with Gasteiger partial charge in [0.1, 0.15) is 5.69 Å². The molecule has 0 aliphatic heterocycles. The second kappa shape index (κ2) is 4.58. The maximum atomic E-state index is 11.5. The molecular weight excluding hydrogens is 238 g/mol. The molecule has 17 heavy (non-hydrogen) atoms. The molecule has 0 fully saturated rings. The number of carbonyl (C=O) groups is 1. The number of nitrogen functional groups attached to an aromatic ring is 1. The largest absolute Gasteiger partial charge is 0.464 e. The van der Waals surface area contributed by atoms with E-state index in [1.807, 2.05) is 12.3 Å². The van der Waals surface area contributed by atoms with Gasteiger partial charge in [-0.25, -0.2) is 9.78 Å². The summed E-state index contributed by atoms with van der Waals surface area (Å²) in [7, 11) is 1.35. The van der Waals surface area contributed by atoms with Crippen molar-refractivity contribution >= 4 is 23.0 Å². The third-order valence-electron chi connectivity index (χ3n) is 2.31. The minimum absolute atomic E-state index is 0.395. The van der Waals surface area contributed by atoms with Gasteiger partial charge in [-0.05, 0) is 13.0 Å². The van der Waals surface area contributed by atoms with E-state index in [2.05, 4.69) is 4.98 Å². The van der Waals surface area contributed by atoms with Crippen molar-refractivity contribution in [2.75, 3.05) is 12.8 Å². The molecule has 0 atom stereocenters. The van der Waals surface area contributed by atoms with Crippen molar-refractivity contribution in [3.63, 3.8) is 0 Å². The third-order valence-corrected chi connectivity index (χ3v) is 3.13. The Morgan fingerprint density at radius 1 is 1.65 bits per heavy atom. The molecule has 2 aromatic rings. The maximum absolute atomic E-state index is 11.5. The Bertz CT molecular complexity index is 545. The van der Waals surface area contributed by atoms with Gasteiger partial charge in [0.15, 0.2) is 0 Å². The number of hydrogen-bond donors (Lipinski definition) is 1. The van der Waals surface area contributed by atoms with Gasteiger partial charge < -0.3 is 15.0 Å². The lowest BCUT2D eigenvalue weighted by Crippen LogP contribution is -2.10. The van der Waals surface area contributed by atoms with E-state index >= 15 is 0 Å². The molecule has 5 nitrogen and oxygen atoms in total. The smallest absolute Gasteiger partial charge is 0.354 e. The summed E-state index contributed by atoms with van der Waals surface area (Å²) in [6.07, 6.45) is 1.71. The number of methoxy groups -OCH3 is 1. The van der Waals surface area contributed by atoms with Crippen LogP contribution in [0.25, 0.3) is 0 Å². The first-order valence-electron chi connectivity index (χ1n) is 5.05. The van der Waals surface area contributed by atoms with E-state index in [4.69, 9.17) is 10.5 Å². The van der Waals surface area contributed by atoms with Crippen molar-refractivity contribution in [1.29, 1.82) is 0 Å². The highest BCUT2D eigenvalue weighted by atomic mass is 32.1. The fourth-order valence-corrected chi connectivity index (χ4v) is 2.20. The molecule has 2 heterocycles.